The number of hydrogen-bond donors (Lipinski definition) is 0. The molecule has 0 bridgehead atoms. The normalized spacial score (nSPS) is 28.6. The summed E-state index contributed by atoms with van der Waals surface area (Å²) >= 11 is 0. The van der Waals surface area contributed by atoms with Gasteiger partial charge < -0.3 is 9.80 Å². The Morgan fingerprint density at radius 1 is 1.20 bits per heavy atom. The molecule has 7 heteroatoms. The van der Waals surface area contributed by atoms with Gasteiger partial charge in [-0.1, -0.05) is 0 Å². The van der Waals surface area contributed by atoms with E-state index in [0.29, 0.717) is 31.1 Å². The highest BCUT2D eigenvalue weighted by atomic mass is 19.3. The molecule has 3 heterocycles. The average molecular weight is 350 g/mol. The highest BCUT2D eigenvalue weighted by Gasteiger charge is 2.60. The summed E-state index contributed by atoms with van der Waals surface area (Å²) in [6, 6.07) is 3.68. The molecule has 3 fully saturated rings. The van der Waals surface area contributed by atoms with Crippen molar-refractivity contribution >= 4 is 11.7 Å². The number of aromatic nitrogens is 2. The van der Waals surface area contributed by atoms with E-state index in [2.05, 4.69) is 10.2 Å². The highest BCUT2D eigenvalue weighted by molar-refractivity contribution is 5.77. The first-order chi connectivity index (χ1) is 11.9. The zero-order chi connectivity index (χ0) is 17.7. The van der Waals surface area contributed by atoms with E-state index in [0.717, 1.165) is 18.5 Å². The van der Waals surface area contributed by atoms with Crippen LogP contribution < -0.4 is 4.90 Å². The third-order valence-corrected chi connectivity index (χ3v) is 5.94. The van der Waals surface area contributed by atoms with Gasteiger partial charge in [0.05, 0.1) is 11.1 Å². The number of halogens is 2. The molecular weight excluding hydrogens is 326 g/mol. The van der Waals surface area contributed by atoms with Crippen molar-refractivity contribution in [2.24, 2.45) is 11.3 Å². The van der Waals surface area contributed by atoms with Gasteiger partial charge in [0, 0.05) is 39.0 Å². The maximum absolute atomic E-state index is 14.8. The number of alkyl halides is 2. The number of hydrogen-bond acceptors (Lipinski definition) is 4. The zero-order valence-corrected chi connectivity index (χ0v) is 14.5. The smallest absolute Gasteiger partial charge is 0.258 e. The SMILES string of the molecule is Cc1ccc(N2CC[C@@]3(CN(C(=O)CC4CC4)CCC3(F)F)C2)nn1. The molecule has 0 radical (unpaired) electrons. The van der Waals surface area contributed by atoms with E-state index in [9.17, 15) is 13.6 Å². The molecule has 3 aliphatic rings. The average Bonchev–Trinajstić information content (AvgIpc) is 3.28. The van der Waals surface area contributed by atoms with Crippen molar-refractivity contribution in [2.75, 3.05) is 31.1 Å². The fraction of sp³-hybridized carbons (Fsp3) is 0.722. The van der Waals surface area contributed by atoms with Gasteiger partial charge in [-0.15, -0.1) is 5.10 Å². The summed E-state index contributed by atoms with van der Waals surface area (Å²) in [6.07, 6.45) is 2.86. The Balaban J connectivity index is 1.51. The number of amides is 1. The number of rotatable bonds is 3. The molecule has 1 aliphatic carbocycles. The first-order valence-electron chi connectivity index (χ1n) is 9.09. The Bertz CT molecular complexity index is 662. The molecule has 1 aromatic heterocycles. The lowest BCUT2D eigenvalue weighted by atomic mass is 9.75. The Hall–Kier alpha value is -1.79. The number of carbonyl (C=O) groups excluding carboxylic acids is 1. The number of carbonyl (C=O) groups is 1. The minimum atomic E-state index is -2.75. The molecule has 2 saturated heterocycles. The highest BCUT2D eigenvalue weighted by Crippen LogP contribution is 2.50. The van der Waals surface area contributed by atoms with E-state index < -0.39 is 11.3 Å². The predicted octanol–water partition coefficient (Wildman–Crippen LogP) is 2.65. The van der Waals surface area contributed by atoms with Gasteiger partial charge in [0.25, 0.3) is 5.92 Å². The molecule has 1 atom stereocenters. The molecular formula is C18H24F2N4O. The van der Waals surface area contributed by atoms with Crippen LogP contribution in [-0.4, -0.2) is 53.1 Å². The standard InChI is InChI=1S/C18H24F2N4O/c1-13-2-5-15(22-21-13)23-8-6-17(11-23)12-24(9-7-18(17,19)20)16(25)10-14-3-4-14/h2,5,14H,3-4,6-12H2,1H3/t17-/m0/s1. The minimum absolute atomic E-state index is 0.0472. The summed E-state index contributed by atoms with van der Waals surface area (Å²) in [5, 5.41) is 8.17. The van der Waals surface area contributed by atoms with Crippen molar-refractivity contribution in [3.05, 3.63) is 17.8 Å². The van der Waals surface area contributed by atoms with E-state index in [-0.39, 0.29) is 32.0 Å². The van der Waals surface area contributed by atoms with Crippen molar-refractivity contribution in [3.63, 3.8) is 0 Å². The molecule has 1 amide bonds. The Morgan fingerprint density at radius 3 is 2.68 bits per heavy atom. The molecule has 0 N–H and O–H groups in total. The van der Waals surface area contributed by atoms with Crippen molar-refractivity contribution < 1.29 is 13.6 Å². The van der Waals surface area contributed by atoms with Crippen LogP contribution in [0, 0.1) is 18.3 Å². The van der Waals surface area contributed by atoms with Gasteiger partial charge in [-0.05, 0) is 44.2 Å². The largest absolute Gasteiger partial charge is 0.354 e. The van der Waals surface area contributed by atoms with Crippen LogP contribution in [0.1, 0.15) is 37.8 Å². The maximum Gasteiger partial charge on any atom is 0.258 e. The molecule has 2 aliphatic heterocycles. The summed E-state index contributed by atoms with van der Waals surface area (Å²) in [6.45, 7) is 2.93. The quantitative estimate of drug-likeness (QED) is 0.841. The fourth-order valence-electron chi connectivity index (χ4n) is 4.07. The van der Waals surface area contributed by atoms with Gasteiger partial charge in [-0.25, -0.2) is 8.78 Å². The number of nitrogens with zero attached hydrogens (tertiary/aromatic N) is 4. The number of likely N-dealkylation sites (tertiary alicyclic amines) is 1. The topological polar surface area (TPSA) is 49.3 Å². The van der Waals surface area contributed by atoms with Gasteiger partial charge >= 0.3 is 0 Å². The molecule has 1 spiro atoms. The predicted molar refractivity (Wildman–Crippen MR) is 89.5 cm³/mol. The van der Waals surface area contributed by atoms with Gasteiger partial charge in [0.1, 0.15) is 0 Å². The van der Waals surface area contributed by atoms with Crippen LogP contribution in [0.5, 0.6) is 0 Å². The van der Waals surface area contributed by atoms with Crippen LogP contribution in [0.25, 0.3) is 0 Å². The third-order valence-electron chi connectivity index (χ3n) is 5.94. The lowest BCUT2D eigenvalue weighted by Crippen LogP contribution is -2.58. The van der Waals surface area contributed by atoms with Crippen LogP contribution in [0.2, 0.25) is 0 Å². The maximum atomic E-state index is 14.8. The molecule has 1 saturated carbocycles. The molecule has 1 aromatic rings. The van der Waals surface area contributed by atoms with Crippen LogP contribution in [0.15, 0.2) is 12.1 Å². The summed E-state index contributed by atoms with van der Waals surface area (Å²) in [7, 11) is 0. The van der Waals surface area contributed by atoms with E-state index in [4.69, 9.17) is 0 Å². The number of piperidine rings is 1. The van der Waals surface area contributed by atoms with Crippen molar-refractivity contribution in [1.29, 1.82) is 0 Å². The molecule has 136 valence electrons. The van der Waals surface area contributed by atoms with Gasteiger partial charge in [0.15, 0.2) is 5.82 Å². The first kappa shape index (κ1) is 16.7. The second-order valence-corrected chi connectivity index (χ2v) is 7.90. The lowest BCUT2D eigenvalue weighted by molar-refractivity contribution is -0.169. The van der Waals surface area contributed by atoms with Crippen molar-refractivity contribution in [2.45, 2.75) is 45.0 Å². The number of aryl methyl sites for hydroxylation is 1. The van der Waals surface area contributed by atoms with Crippen LogP contribution in [0.4, 0.5) is 14.6 Å². The molecule has 0 unspecified atom stereocenters. The fourth-order valence-corrected chi connectivity index (χ4v) is 4.07. The first-order valence-corrected chi connectivity index (χ1v) is 9.09. The zero-order valence-electron chi connectivity index (χ0n) is 14.5. The lowest BCUT2D eigenvalue weighted by Gasteiger charge is -2.46. The molecule has 4 rings (SSSR count). The monoisotopic (exact) mass is 350 g/mol. The minimum Gasteiger partial charge on any atom is -0.354 e. The van der Waals surface area contributed by atoms with E-state index in [1.165, 1.54) is 0 Å². The molecule has 0 aromatic carbocycles. The second kappa shape index (κ2) is 5.88. The summed E-state index contributed by atoms with van der Waals surface area (Å²) in [4.78, 5) is 16.0. The van der Waals surface area contributed by atoms with Gasteiger partial charge in [-0.2, -0.15) is 5.10 Å². The Kier molecular flexibility index (Phi) is 3.92. The van der Waals surface area contributed by atoms with E-state index >= 15 is 0 Å². The van der Waals surface area contributed by atoms with Crippen LogP contribution in [-0.2, 0) is 4.79 Å². The number of anilines is 1. The summed E-state index contributed by atoms with van der Waals surface area (Å²) in [5.74, 6) is -1.59. The van der Waals surface area contributed by atoms with Crippen molar-refractivity contribution in [1.82, 2.24) is 15.1 Å². The van der Waals surface area contributed by atoms with Crippen molar-refractivity contribution in [3.8, 4) is 0 Å². The van der Waals surface area contributed by atoms with E-state index in [1.807, 2.05) is 24.0 Å². The van der Waals surface area contributed by atoms with Crippen LogP contribution in [0.3, 0.4) is 0 Å². The van der Waals surface area contributed by atoms with Gasteiger partial charge in [0.2, 0.25) is 5.91 Å². The van der Waals surface area contributed by atoms with E-state index in [1.54, 1.807) is 4.90 Å². The van der Waals surface area contributed by atoms with Crippen LogP contribution >= 0.6 is 0 Å². The summed E-state index contributed by atoms with van der Waals surface area (Å²) in [5.41, 5.74) is -0.366. The third kappa shape index (κ3) is 3.09. The second-order valence-electron chi connectivity index (χ2n) is 7.90. The Labute approximate surface area is 146 Å². The Morgan fingerprint density at radius 2 is 2.00 bits per heavy atom. The molecule has 5 nitrogen and oxygen atoms in total. The van der Waals surface area contributed by atoms with Gasteiger partial charge in [-0.3, -0.25) is 4.79 Å². The summed E-state index contributed by atoms with van der Waals surface area (Å²) < 4.78 is 29.7. The molecule has 25 heavy (non-hydrogen) atoms.